The lowest BCUT2D eigenvalue weighted by Gasteiger charge is -2.34. The first-order chi connectivity index (χ1) is 13.6. The number of nitrogens with one attached hydrogen (secondary N) is 1. The molecule has 0 saturated carbocycles. The van der Waals surface area contributed by atoms with Crippen LogP contribution in [0.15, 0.2) is 23.2 Å². The van der Waals surface area contributed by atoms with Gasteiger partial charge in [0.15, 0.2) is 0 Å². The number of hydrogen-bond acceptors (Lipinski definition) is 5. The fourth-order valence-corrected chi connectivity index (χ4v) is 4.41. The second kappa shape index (κ2) is 6.78. The Hall–Kier alpha value is -2.60. The molecule has 1 saturated heterocycles. The summed E-state index contributed by atoms with van der Waals surface area (Å²) in [7, 11) is 0. The Kier molecular flexibility index (Phi) is 4.23. The van der Waals surface area contributed by atoms with E-state index in [0.29, 0.717) is 23.7 Å². The van der Waals surface area contributed by atoms with E-state index in [9.17, 15) is 4.79 Å². The molecule has 1 aromatic carbocycles. The Morgan fingerprint density at radius 2 is 2.11 bits per heavy atom. The van der Waals surface area contributed by atoms with Gasteiger partial charge in [0.05, 0.1) is 29.4 Å². The van der Waals surface area contributed by atoms with E-state index in [0.717, 1.165) is 59.9 Å². The van der Waals surface area contributed by atoms with Crippen LogP contribution in [0.2, 0.25) is 5.02 Å². The summed E-state index contributed by atoms with van der Waals surface area (Å²) in [5.41, 5.74) is 4.72. The van der Waals surface area contributed by atoms with Crippen molar-refractivity contribution in [3.8, 4) is 5.75 Å². The number of piperidine rings is 1. The van der Waals surface area contributed by atoms with Crippen LogP contribution < -0.4 is 15.0 Å². The number of carbonyl (C=O) groups is 1. The Labute approximate surface area is 168 Å². The Bertz CT molecular complexity index is 996. The summed E-state index contributed by atoms with van der Waals surface area (Å²) in [4.78, 5) is 23.1. The summed E-state index contributed by atoms with van der Waals surface area (Å²) in [6.07, 6.45) is 3.76. The molecule has 1 fully saturated rings. The Morgan fingerprint density at radius 3 is 2.93 bits per heavy atom. The van der Waals surface area contributed by atoms with E-state index < -0.39 is 0 Å². The number of nitrogens with zero attached hydrogens (tertiary/aromatic N) is 3. The zero-order valence-electron chi connectivity index (χ0n) is 15.7. The Morgan fingerprint density at radius 1 is 1.29 bits per heavy atom. The first-order valence-electron chi connectivity index (χ1n) is 9.61. The molecule has 1 aromatic heterocycles. The second-order valence-electron chi connectivity index (χ2n) is 7.53. The van der Waals surface area contributed by atoms with E-state index in [2.05, 4.69) is 15.2 Å². The molecule has 1 N–H and O–H groups in total. The molecule has 28 heavy (non-hydrogen) atoms. The van der Waals surface area contributed by atoms with E-state index in [-0.39, 0.29) is 12.0 Å². The zero-order valence-corrected chi connectivity index (χ0v) is 16.4. The highest BCUT2D eigenvalue weighted by atomic mass is 35.5. The summed E-state index contributed by atoms with van der Waals surface area (Å²) in [6.45, 7) is 4.96. The highest BCUT2D eigenvalue weighted by molar-refractivity contribution is 6.34. The number of rotatable bonds is 3. The number of aromatic nitrogens is 1. The SMILES string of the molecule is Cc1cc2c(nc1N1CCC(Oc3ccc4c(c3Cl)C=NC4)CC1)CNC2=O. The molecule has 1 amide bonds. The maximum absolute atomic E-state index is 11.8. The molecule has 0 bridgehead atoms. The van der Waals surface area contributed by atoms with Gasteiger partial charge in [-0.05, 0) is 30.2 Å². The van der Waals surface area contributed by atoms with Gasteiger partial charge in [-0.3, -0.25) is 9.79 Å². The molecule has 6 nitrogen and oxygen atoms in total. The molecule has 4 heterocycles. The average Bonchev–Trinajstić information content (AvgIpc) is 3.32. The number of halogens is 1. The summed E-state index contributed by atoms with van der Waals surface area (Å²) in [5, 5.41) is 3.50. The van der Waals surface area contributed by atoms with Gasteiger partial charge in [-0.2, -0.15) is 0 Å². The van der Waals surface area contributed by atoms with Crippen LogP contribution in [0.25, 0.3) is 0 Å². The smallest absolute Gasteiger partial charge is 0.253 e. The first-order valence-corrected chi connectivity index (χ1v) is 9.99. The van der Waals surface area contributed by atoms with E-state index in [1.54, 1.807) is 0 Å². The van der Waals surface area contributed by atoms with Crippen molar-refractivity contribution in [2.45, 2.75) is 39.0 Å². The minimum Gasteiger partial charge on any atom is -0.489 e. The number of pyridine rings is 1. The molecular weight excluding hydrogens is 376 g/mol. The normalized spacial score (nSPS) is 18.2. The fraction of sp³-hybridized carbons (Fsp3) is 0.381. The predicted octanol–water partition coefficient (Wildman–Crippen LogP) is 3.27. The minimum absolute atomic E-state index is 0.0273. The second-order valence-corrected chi connectivity index (χ2v) is 7.91. The van der Waals surface area contributed by atoms with Gasteiger partial charge in [0, 0.05) is 37.7 Å². The molecule has 0 atom stereocenters. The quantitative estimate of drug-likeness (QED) is 0.864. The van der Waals surface area contributed by atoms with Crippen LogP contribution in [-0.4, -0.2) is 36.3 Å². The number of anilines is 1. The number of aliphatic imine (C=N–C) groups is 1. The van der Waals surface area contributed by atoms with Crippen LogP contribution in [0.4, 0.5) is 5.82 Å². The number of benzene rings is 1. The predicted molar refractivity (Wildman–Crippen MR) is 109 cm³/mol. The molecule has 0 spiro atoms. The van der Waals surface area contributed by atoms with E-state index >= 15 is 0 Å². The molecule has 5 rings (SSSR count). The van der Waals surface area contributed by atoms with Crippen molar-refractivity contribution in [1.29, 1.82) is 0 Å². The van der Waals surface area contributed by atoms with Crippen LogP contribution in [0.3, 0.4) is 0 Å². The van der Waals surface area contributed by atoms with Gasteiger partial charge in [-0.1, -0.05) is 17.7 Å². The van der Waals surface area contributed by atoms with Crippen molar-refractivity contribution < 1.29 is 9.53 Å². The monoisotopic (exact) mass is 396 g/mol. The number of fused-ring (bicyclic) bond motifs is 2. The third kappa shape index (κ3) is 2.92. The van der Waals surface area contributed by atoms with Crippen molar-refractivity contribution >= 4 is 29.5 Å². The summed E-state index contributed by atoms with van der Waals surface area (Å²) in [6, 6.07) is 5.96. The lowest BCUT2D eigenvalue weighted by atomic mass is 10.1. The largest absolute Gasteiger partial charge is 0.489 e. The van der Waals surface area contributed by atoms with Crippen LogP contribution in [0.5, 0.6) is 5.75 Å². The third-order valence-corrected chi connectivity index (χ3v) is 6.07. The van der Waals surface area contributed by atoms with E-state index in [1.165, 1.54) is 0 Å². The van der Waals surface area contributed by atoms with Crippen molar-refractivity contribution in [3.05, 3.63) is 51.2 Å². The fourth-order valence-electron chi connectivity index (χ4n) is 4.13. The number of amides is 1. The average molecular weight is 397 g/mol. The van der Waals surface area contributed by atoms with Gasteiger partial charge >= 0.3 is 0 Å². The van der Waals surface area contributed by atoms with Crippen LogP contribution >= 0.6 is 11.6 Å². The van der Waals surface area contributed by atoms with Gasteiger partial charge in [-0.15, -0.1) is 0 Å². The van der Waals surface area contributed by atoms with Gasteiger partial charge in [0.2, 0.25) is 0 Å². The van der Waals surface area contributed by atoms with Crippen LogP contribution in [0.1, 0.15) is 45.6 Å². The highest BCUT2D eigenvalue weighted by Crippen LogP contribution is 2.34. The summed E-state index contributed by atoms with van der Waals surface area (Å²) in [5.74, 6) is 1.68. The number of ether oxygens (including phenoxy) is 1. The molecule has 3 aliphatic heterocycles. The first kappa shape index (κ1) is 17.5. The number of hydrogen-bond donors (Lipinski definition) is 1. The third-order valence-electron chi connectivity index (χ3n) is 5.68. The van der Waals surface area contributed by atoms with Gasteiger partial charge in [0.1, 0.15) is 17.7 Å². The zero-order chi connectivity index (χ0) is 19.3. The van der Waals surface area contributed by atoms with Crippen LogP contribution in [0, 0.1) is 6.92 Å². The maximum atomic E-state index is 11.8. The standard InChI is InChI=1S/C21H21ClN4O2/c1-12-8-15-17(11-24-21(15)27)25-20(12)26-6-4-14(5-7-26)28-18-3-2-13-9-23-10-16(13)19(18)22/h2-3,8,10,14H,4-7,9,11H2,1H3,(H,24,27). The van der Waals surface area contributed by atoms with Crippen molar-refractivity contribution in [2.24, 2.45) is 4.99 Å². The van der Waals surface area contributed by atoms with Crippen molar-refractivity contribution in [3.63, 3.8) is 0 Å². The van der Waals surface area contributed by atoms with Gasteiger partial charge < -0.3 is 15.0 Å². The lowest BCUT2D eigenvalue weighted by molar-refractivity contribution is 0.0965. The summed E-state index contributed by atoms with van der Waals surface area (Å²) < 4.78 is 6.22. The summed E-state index contributed by atoms with van der Waals surface area (Å²) >= 11 is 6.51. The molecule has 0 unspecified atom stereocenters. The van der Waals surface area contributed by atoms with Crippen molar-refractivity contribution in [1.82, 2.24) is 10.3 Å². The van der Waals surface area contributed by atoms with Crippen molar-refractivity contribution in [2.75, 3.05) is 18.0 Å². The topological polar surface area (TPSA) is 66.8 Å². The van der Waals surface area contributed by atoms with Gasteiger partial charge in [0.25, 0.3) is 5.91 Å². The highest BCUT2D eigenvalue weighted by Gasteiger charge is 2.27. The maximum Gasteiger partial charge on any atom is 0.253 e. The molecule has 0 aliphatic carbocycles. The molecule has 3 aliphatic rings. The van der Waals surface area contributed by atoms with E-state index in [4.69, 9.17) is 21.3 Å². The Balaban J connectivity index is 1.28. The lowest BCUT2D eigenvalue weighted by Crippen LogP contribution is -2.39. The number of carbonyl (C=O) groups excluding carboxylic acids is 1. The molecule has 144 valence electrons. The van der Waals surface area contributed by atoms with Gasteiger partial charge in [-0.25, -0.2) is 4.98 Å². The molecule has 2 aromatic rings. The number of aryl methyl sites for hydroxylation is 1. The molecule has 7 heteroatoms. The van der Waals surface area contributed by atoms with Crippen LogP contribution in [-0.2, 0) is 13.1 Å². The molecular formula is C21H21ClN4O2. The molecule has 0 radical (unpaired) electrons. The minimum atomic E-state index is -0.0273. The van der Waals surface area contributed by atoms with E-state index in [1.807, 2.05) is 31.3 Å².